The van der Waals surface area contributed by atoms with Gasteiger partial charge in [0.2, 0.25) is 5.78 Å². The Morgan fingerprint density at radius 3 is 2.29 bits per heavy atom. The Balaban J connectivity index is 2.03. The number of hydrogen-bond donors (Lipinski definition) is 0. The van der Waals surface area contributed by atoms with E-state index in [0.717, 1.165) is 0 Å². The van der Waals surface area contributed by atoms with Crippen molar-refractivity contribution < 1.29 is 33.3 Å². The highest BCUT2D eigenvalue weighted by Crippen LogP contribution is 2.31. The number of ether oxygens (including phenoxy) is 5. The molecule has 0 spiro atoms. The first-order chi connectivity index (χ1) is 13.5. The van der Waals surface area contributed by atoms with E-state index in [1.54, 1.807) is 36.4 Å². The summed E-state index contributed by atoms with van der Waals surface area (Å²) in [7, 11) is 6.00. The third-order valence-electron chi connectivity index (χ3n) is 3.89. The van der Waals surface area contributed by atoms with Crippen LogP contribution in [0.3, 0.4) is 0 Å². The highest BCUT2D eigenvalue weighted by molar-refractivity contribution is 6.01. The Kier molecular flexibility index (Phi) is 7.45. The first kappa shape index (κ1) is 20.8. The van der Waals surface area contributed by atoms with Gasteiger partial charge in [0.25, 0.3) is 0 Å². The molecule has 148 valence electrons. The van der Waals surface area contributed by atoms with E-state index < -0.39 is 12.6 Å². The summed E-state index contributed by atoms with van der Waals surface area (Å²) in [6.45, 7) is -0.416. The zero-order valence-corrected chi connectivity index (χ0v) is 16.2. The van der Waals surface area contributed by atoms with Gasteiger partial charge in [-0.3, -0.25) is 4.79 Å². The van der Waals surface area contributed by atoms with E-state index in [4.69, 9.17) is 23.7 Å². The van der Waals surface area contributed by atoms with Gasteiger partial charge in [-0.1, -0.05) is 12.1 Å². The smallest absolute Gasteiger partial charge is 0.331 e. The Hall–Kier alpha value is -3.48. The Bertz CT molecular complexity index is 871. The average molecular weight is 386 g/mol. The quantitative estimate of drug-likeness (QED) is 0.372. The van der Waals surface area contributed by atoms with Crippen molar-refractivity contribution in [2.24, 2.45) is 0 Å². The summed E-state index contributed by atoms with van der Waals surface area (Å²) >= 11 is 0. The summed E-state index contributed by atoms with van der Waals surface area (Å²) in [5.74, 6) is 0.886. The Morgan fingerprint density at radius 2 is 1.64 bits per heavy atom. The molecule has 0 radical (unpaired) electrons. The van der Waals surface area contributed by atoms with Crippen molar-refractivity contribution >= 4 is 17.8 Å². The number of benzene rings is 2. The fourth-order valence-corrected chi connectivity index (χ4v) is 2.49. The molecular weight excluding hydrogens is 364 g/mol. The molecule has 2 rings (SSSR count). The number of Topliss-reactive ketones (excluding diaryl/α,β-unsaturated/α-hetero) is 1. The van der Waals surface area contributed by atoms with Crippen LogP contribution in [0.15, 0.2) is 42.5 Å². The monoisotopic (exact) mass is 386 g/mol. The van der Waals surface area contributed by atoms with Crippen molar-refractivity contribution in [3.8, 4) is 23.0 Å². The average Bonchev–Trinajstić information content (AvgIpc) is 2.74. The minimum atomic E-state index is -0.661. The lowest BCUT2D eigenvalue weighted by atomic mass is 10.1. The molecule has 0 saturated heterocycles. The van der Waals surface area contributed by atoms with E-state index >= 15 is 0 Å². The van der Waals surface area contributed by atoms with Gasteiger partial charge in [0, 0.05) is 17.7 Å². The van der Waals surface area contributed by atoms with Gasteiger partial charge in [-0.05, 0) is 24.3 Å². The number of carbonyl (C=O) groups excluding carboxylic acids is 2. The van der Waals surface area contributed by atoms with Crippen molar-refractivity contribution in [3.63, 3.8) is 0 Å². The summed E-state index contributed by atoms with van der Waals surface area (Å²) in [5.41, 5.74) is 0.941. The molecule has 0 aliphatic rings. The molecule has 0 fully saturated rings. The van der Waals surface area contributed by atoms with Gasteiger partial charge in [0.1, 0.15) is 11.5 Å². The molecule has 0 amide bonds. The number of carbonyl (C=O) groups is 2. The predicted octanol–water partition coefficient (Wildman–Crippen LogP) is 3.16. The summed E-state index contributed by atoms with van der Waals surface area (Å²) in [4.78, 5) is 24.3. The highest BCUT2D eigenvalue weighted by atomic mass is 16.5. The molecule has 0 heterocycles. The van der Waals surface area contributed by atoms with Gasteiger partial charge >= 0.3 is 5.97 Å². The molecule has 0 N–H and O–H groups in total. The van der Waals surface area contributed by atoms with E-state index in [2.05, 4.69) is 0 Å². The molecule has 0 bridgehead atoms. The third-order valence-corrected chi connectivity index (χ3v) is 3.89. The van der Waals surface area contributed by atoms with E-state index in [1.807, 2.05) is 0 Å². The molecule has 7 nitrogen and oxygen atoms in total. The fourth-order valence-electron chi connectivity index (χ4n) is 2.49. The van der Waals surface area contributed by atoms with Crippen LogP contribution in [0.1, 0.15) is 15.9 Å². The number of rotatable bonds is 9. The van der Waals surface area contributed by atoms with Crippen LogP contribution in [0.5, 0.6) is 23.0 Å². The van der Waals surface area contributed by atoms with E-state index in [-0.39, 0.29) is 5.78 Å². The van der Waals surface area contributed by atoms with Crippen LogP contribution in [0.4, 0.5) is 0 Å². The third kappa shape index (κ3) is 5.03. The molecule has 0 aromatic heterocycles. The van der Waals surface area contributed by atoms with Gasteiger partial charge in [-0.15, -0.1) is 0 Å². The normalized spacial score (nSPS) is 10.4. The topological polar surface area (TPSA) is 80.3 Å². The molecule has 0 aliphatic carbocycles. The number of esters is 1. The second kappa shape index (κ2) is 10.0. The van der Waals surface area contributed by atoms with Gasteiger partial charge in [0.15, 0.2) is 18.1 Å². The second-order valence-electron chi connectivity index (χ2n) is 5.51. The zero-order chi connectivity index (χ0) is 20.5. The maximum Gasteiger partial charge on any atom is 0.331 e. The number of methoxy groups -OCH3 is 4. The SMILES string of the molecule is COc1ccc(C(=O)COC(=O)C=Cc2cccc(OC)c2OC)c(OC)c1. The number of ketones is 1. The molecular formula is C21H22O7. The lowest BCUT2D eigenvalue weighted by molar-refractivity contribution is -0.136. The minimum Gasteiger partial charge on any atom is -0.497 e. The van der Waals surface area contributed by atoms with Gasteiger partial charge < -0.3 is 23.7 Å². The predicted molar refractivity (Wildman–Crippen MR) is 103 cm³/mol. The molecule has 28 heavy (non-hydrogen) atoms. The minimum absolute atomic E-state index is 0.301. The molecule has 2 aromatic carbocycles. The summed E-state index contributed by atoms with van der Waals surface area (Å²) in [6.07, 6.45) is 2.75. The highest BCUT2D eigenvalue weighted by Gasteiger charge is 2.15. The van der Waals surface area contributed by atoms with Crippen molar-refractivity contribution in [2.45, 2.75) is 0 Å². The Morgan fingerprint density at radius 1 is 0.893 bits per heavy atom. The van der Waals surface area contributed by atoms with Crippen LogP contribution < -0.4 is 18.9 Å². The van der Waals surface area contributed by atoms with Crippen LogP contribution in [0.2, 0.25) is 0 Å². The lowest BCUT2D eigenvalue weighted by Crippen LogP contribution is -2.13. The summed E-state index contributed by atoms with van der Waals surface area (Å²) < 4.78 is 25.8. The standard InChI is InChI=1S/C21H22O7/c1-24-15-9-10-16(19(12-15)26-3)17(22)13-28-20(23)11-8-14-6-5-7-18(25-2)21(14)27-4/h5-12H,13H2,1-4H3. The Labute approximate surface area is 163 Å². The summed E-state index contributed by atoms with van der Waals surface area (Å²) in [6, 6.07) is 10.1. The van der Waals surface area contributed by atoms with Crippen LogP contribution in [0.25, 0.3) is 6.08 Å². The van der Waals surface area contributed by atoms with Gasteiger partial charge in [-0.25, -0.2) is 4.79 Å². The molecule has 0 unspecified atom stereocenters. The number of para-hydroxylation sites is 1. The first-order valence-corrected chi connectivity index (χ1v) is 8.35. The second-order valence-corrected chi connectivity index (χ2v) is 5.51. The molecule has 7 heteroatoms. The largest absolute Gasteiger partial charge is 0.497 e. The lowest BCUT2D eigenvalue weighted by Gasteiger charge is -2.10. The molecule has 0 saturated carbocycles. The van der Waals surface area contributed by atoms with Crippen molar-refractivity contribution in [1.82, 2.24) is 0 Å². The van der Waals surface area contributed by atoms with Crippen LogP contribution >= 0.6 is 0 Å². The van der Waals surface area contributed by atoms with Crippen LogP contribution in [-0.4, -0.2) is 46.8 Å². The van der Waals surface area contributed by atoms with Crippen molar-refractivity contribution in [3.05, 3.63) is 53.6 Å². The van der Waals surface area contributed by atoms with Crippen molar-refractivity contribution in [1.29, 1.82) is 0 Å². The summed E-state index contributed by atoms with van der Waals surface area (Å²) in [5, 5.41) is 0. The van der Waals surface area contributed by atoms with Crippen LogP contribution in [0, 0.1) is 0 Å². The maximum absolute atomic E-state index is 12.3. The van der Waals surface area contributed by atoms with Gasteiger partial charge in [-0.2, -0.15) is 0 Å². The fraction of sp³-hybridized carbons (Fsp3) is 0.238. The molecule has 0 aliphatic heterocycles. The van der Waals surface area contributed by atoms with E-state index in [1.165, 1.54) is 40.6 Å². The van der Waals surface area contributed by atoms with Gasteiger partial charge in [0.05, 0.1) is 34.0 Å². The molecule has 2 aromatic rings. The van der Waals surface area contributed by atoms with E-state index in [0.29, 0.717) is 34.1 Å². The zero-order valence-electron chi connectivity index (χ0n) is 16.2. The van der Waals surface area contributed by atoms with Crippen molar-refractivity contribution in [2.75, 3.05) is 35.0 Å². The first-order valence-electron chi connectivity index (χ1n) is 8.35. The van der Waals surface area contributed by atoms with E-state index in [9.17, 15) is 9.59 Å². The number of hydrogen-bond acceptors (Lipinski definition) is 7. The van der Waals surface area contributed by atoms with Crippen LogP contribution in [-0.2, 0) is 9.53 Å². The molecule has 0 atom stereocenters. The maximum atomic E-state index is 12.3.